The van der Waals surface area contributed by atoms with Crippen LogP contribution in [0.2, 0.25) is 5.02 Å². The van der Waals surface area contributed by atoms with Crippen molar-refractivity contribution in [2.75, 3.05) is 57.0 Å². The van der Waals surface area contributed by atoms with Gasteiger partial charge in [-0.1, -0.05) is 48.0 Å². The van der Waals surface area contributed by atoms with Crippen molar-refractivity contribution in [3.63, 3.8) is 0 Å². The molecule has 4 aromatic rings. The number of rotatable bonds is 6. The molecule has 0 saturated carbocycles. The average Bonchev–Trinajstić information content (AvgIpc) is 3.26. The maximum atomic E-state index is 13.7. The number of aromatic nitrogens is 3. The SMILES string of the molecule is CN(C)C1CN(c2ncnc3c2c(-c2ccccc2Cl)cn3CC(=O)N2CCC(N3CCc4ccccc4NC3=O)CC2)C1. The van der Waals surface area contributed by atoms with Crippen molar-refractivity contribution in [2.24, 2.45) is 0 Å². The Bertz CT molecular complexity index is 1710. The molecule has 0 atom stereocenters. The number of likely N-dealkylation sites (N-methyl/N-ethyl adjacent to an activating group) is 1. The Balaban J connectivity index is 1.09. The number of nitrogens with zero attached hydrogens (tertiary/aromatic N) is 7. The topological polar surface area (TPSA) is 89.8 Å². The molecule has 3 amide bonds. The second-order valence-electron chi connectivity index (χ2n) is 12.2. The van der Waals surface area contributed by atoms with Gasteiger partial charge in [0.15, 0.2) is 0 Å². The highest BCUT2D eigenvalue weighted by molar-refractivity contribution is 6.33. The van der Waals surface area contributed by atoms with E-state index >= 15 is 0 Å². The van der Waals surface area contributed by atoms with Gasteiger partial charge in [0, 0.05) is 72.8 Å². The number of benzene rings is 2. The first-order chi connectivity index (χ1) is 21.4. The van der Waals surface area contributed by atoms with E-state index in [-0.39, 0.29) is 24.5 Å². The number of urea groups is 1. The minimum absolute atomic E-state index is 0.0376. The quantitative estimate of drug-likeness (QED) is 0.343. The zero-order valence-electron chi connectivity index (χ0n) is 25.1. The van der Waals surface area contributed by atoms with Gasteiger partial charge in [0.2, 0.25) is 5.91 Å². The summed E-state index contributed by atoms with van der Waals surface area (Å²) < 4.78 is 1.94. The van der Waals surface area contributed by atoms with Gasteiger partial charge in [-0.25, -0.2) is 14.8 Å². The zero-order chi connectivity index (χ0) is 30.4. The first kappa shape index (κ1) is 28.6. The van der Waals surface area contributed by atoms with E-state index in [0.29, 0.717) is 30.7 Å². The van der Waals surface area contributed by atoms with Gasteiger partial charge >= 0.3 is 6.03 Å². The molecule has 0 spiro atoms. The Hall–Kier alpha value is -4.15. The van der Waals surface area contributed by atoms with E-state index in [1.165, 1.54) is 0 Å². The van der Waals surface area contributed by atoms with Crippen LogP contribution in [-0.4, -0.2) is 100 Å². The van der Waals surface area contributed by atoms with Crippen molar-refractivity contribution in [3.8, 4) is 11.1 Å². The third-order valence-electron chi connectivity index (χ3n) is 9.40. The summed E-state index contributed by atoms with van der Waals surface area (Å²) in [4.78, 5) is 44.5. The molecule has 44 heavy (non-hydrogen) atoms. The van der Waals surface area contributed by atoms with E-state index in [1.54, 1.807) is 6.33 Å². The van der Waals surface area contributed by atoms with Crippen LogP contribution >= 0.6 is 11.6 Å². The molecule has 0 radical (unpaired) electrons. The zero-order valence-corrected chi connectivity index (χ0v) is 25.9. The number of para-hydroxylation sites is 1. The van der Waals surface area contributed by atoms with Crippen molar-refractivity contribution in [1.82, 2.24) is 29.2 Å². The molecular formula is C33H37ClN8O2. The van der Waals surface area contributed by atoms with Gasteiger partial charge in [0.25, 0.3) is 0 Å². The Morgan fingerprint density at radius 2 is 1.75 bits per heavy atom. The summed E-state index contributed by atoms with van der Waals surface area (Å²) in [5.74, 6) is 0.906. The lowest BCUT2D eigenvalue weighted by Gasteiger charge is -2.43. The molecule has 0 unspecified atom stereocenters. The van der Waals surface area contributed by atoms with Crippen LogP contribution in [0.15, 0.2) is 61.1 Å². The van der Waals surface area contributed by atoms with Crippen molar-refractivity contribution in [2.45, 2.75) is 37.9 Å². The highest BCUT2D eigenvalue weighted by atomic mass is 35.5. The molecule has 3 aliphatic rings. The highest BCUT2D eigenvalue weighted by Crippen LogP contribution is 2.39. The summed E-state index contributed by atoms with van der Waals surface area (Å²) in [6, 6.07) is 16.3. The highest BCUT2D eigenvalue weighted by Gasteiger charge is 2.34. The number of likely N-dealkylation sites (tertiary alicyclic amines) is 1. The third-order valence-corrected chi connectivity index (χ3v) is 9.72. The molecule has 10 nitrogen and oxygen atoms in total. The fourth-order valence-corrected chi connectivity index (χ4v) is 6.95. The van der Waals surface area contributed by atoms with Crippen LogP contribution in [0.25, 0.3) is 22.2 Å². The lowest BCUT2D eigenvalue weighted by atomic mass is 10.0. The first-order valence-electron chi connectivity index (χ1n) is 15.3. The standard InChI is InChI=1S/C33H37ClN8O2/c1-38(2)24-17-40(18-24)31-30-26(25-8-4-5-9-27(25)34)19-41(32(30)36-21-35-31)20-29(43)39-14-12-23(13-15-39)42-16-11-22-7-3-6-10-28(22)37-33(42)44/h3-10,19,21,23-24H,11-18,20H2,1-2H3,(H,37,44). The molecule has 2 saturated heterocycles. The maximum Gasteiger partial charge on any atom is 0.322 e. The van der Waals surface area contributed by atoms with Crippen LogP contribution in [0.5, 0.6) is 0 Å². The van der Waals surface area contributed by atoms with Crippen LogP contribution in [-0.2, 0) is 17.8 Å². The van der Waals surface area contributed by atoms with Crippen LogP contribution in [0.1, 0.15) is 18.4 Å². The Kier molecular flexibility index (Phi) is 7.63. The van der Waals surface area contributed by atoms with Gasteiger partial charge in [-0.2, -0.15) is 0 Å². The number of carbonyl (C=O) groups excluding carboxylic acids is 2. The van der Waals surface area contributed by atoms with E-state index < -0.39 is 0 Å². The van der Waals surface area contributed by atoms with Gasteiger partial charge < -0.3 is 29.5 Å². The summed E-state index contributed by atoms with van der Waals surface area (Å²) in [6.07, 6.45) is 5.91. The largest absolute Gasteiger partial charge is 0.353 e. The lowest BCUT2D eigenvalue weighted by Crippen LogP contribution is -2.57. The summed E-state index contributed by atoms with van der Waals surface area (Å²) in [5.41, 5.74) is 4.59. The van der Waals surface area contributed by atoms with E-state index in [4.69, 9.17) is 16.6 Å². The number of halogens is 1. The third kappa shape index (κ3) is 5.26. The predicted molar refractivity (Wildman–Crippen MR) is 173 cm³/mol. The minimum atomic E-state index is -0.0553. The summed E-state index contributed by atoms with van der Waals surface area (Å²) in [7, 11) is 4.19. The first-order valence-corrected chi connectivity index (χ1v) is 15.7. The van der Waals surface area contributed by atoms with Gasteiger partial charge in [0.1, 0.15) is 24.3 Å². The monoisotopic (exact) mass is 612 g/mol. The lowest BCUT2D eigenvalue weighted by molar-refractivity contribution is -0.133. The molecule has 2 fully saturated rings. The van der Waals surface area contributed by atoms with E-state index in [9.17, 15) is 9.59 Å². The molecule has 2 aromatic heterocycles. The second-order valence-corrected chi connectivity index (χ2v) is 12.6. The van der Waals surface area contributed by atoms with Crippen molar-refractivity contribution >= 4 is 46.1 Å². The van der Waals surface area contributed by atoms with Gasteiger partial charge in [-0.3, -0.25) is 4.79 Å². The van der Waals surface area contributed by atoms with Gasteiger partial charge in [-0.05, 0) is 51.1 Å². The molecule has 0 bridgehead atoms. The fourth-order valence-electron chi connectivity index (χ4n) is 6.72. The molecule has 1 N–H and O–H groups in total. The number of hydrogen-bond donors (Lipinski definition) is 1. The Morgan fingerprint density at radius 1 is 1.00 bits per heavy atom. The Morgan fingerprint density at radius 3 is 2.52 bits per heavy atom. The molecular weight excluding hydrogens is 576 g/mol. The number of carbonyl (C=O) groups is 2. The average molecular weight is 613 g/mol. The smallest absolute Gasteiger partial charge is 0.322 e. The number of anilines is 2. The number of fused-ring (bicyclic) bond motifs is 2. The van der Waals surface area contributed by atoms with Crippen molar-refractivity contribution in [3.05, 3.63) is 71.6 Å². The fraction of sp³-hybridized carbons (Fsp3) is 0.394. The minimum Gasteiger partial charge on any atom is -0.353 e. The van der Waals surface area contributed by atoms with E-state index in [1.807, 2.05) is 63.0 Å². The molecule has 7 rings (SSSR count). The number of hydrogen-bond acceptors (Lipinski definition) is 6. The van der Waals surface area contributed by atoms with Crippen LogP contribution in [0, 0.1) is 0 Å². The number of amides is 3. The Labute approximate surface area is 262 Å². The maximum absolute atomic E-state index is 13.7. The normalized spacial score (nSPS) is 17.9. The molecule has 0 aliphatic carbocycles. The molecule has 5 heterocycles. The van der Waals surface area contributed by atoms with Gasteiger partial charge in [-0.15, -0.1) is 0 Å². The van der Waals surface area contributed by atoms with Crippen LogP contribution < -0.4 is 10.2 Å². The number of piperidine rings is 1. The number of nitrogens with one attached hydrogen (secondary N) is 1. The summed E-state index contributed by atoms with van der Waals surface area (Å²) in [6.45, 7) is 3.81. The summed E-state index contributed by atoms with van der Waals surface area (Å²) in [5, 5.41) is 4.64. The van der Waals surface area contributed by atoms with Crippen LogP contribution in [0.4, 0.5) is 16.3 Å². The van der Waals surface area contributed by atoms with Crippen molar-refractivity contribution < 1.29 is 9.59 Å². The molecule has 228 valence electrons. The summed E-state index contributed by atoms with van der Waals surface area (Å²) >= 11 is 6.69. The second kappa shape index (κ2) is 11.7. The van der Waals surface area contributed by atoms with Gasteiger partial charge in [0.05, 0.1) is 5.39 Å². The molecule has 3 aliphatic heterocycles. The predicted octanol–water partition coefficient (Wildman–Crippen LogP) is 4.58. The molecule has 2 aromatic carbocycles. The van der Waals surface area contributed by atoms with E-state index in [2.05, 4.69) is 40.3 Å². The molecule has 11 heteroatoms. The van der Waals surface area contributed by atoms with Crippen molar-refractivity contribution in [1.29, 1.82) is 0 Å². The van der Waals surface area contributed by atoms with E-state index in [0.717, 1.165) is 71.6 Å². The van der Waals surface area contributed by atoms with Crippen LogP contribution in [0.3, 0.4) is 0 Å².